The number of benzene rings is 4. The van der Waals surface area contributed by atoms with Gasteiger partial charge in [0.15, 0.2) is 0 Å². The lowest BCUT2D eigenvalue weighted by atomic mass is 9.81. The van der Waals surface area contributed by atoms with Crippen LogP contribution in [0.5, 0.6) is 28.7 Å². The van der Waals surface area contributed by atoms with Crippen LogP contribution in [0.2, 0.25) is 0 Å². The van der Waals surface area contributed by atoms with Crippen molar-refractivity contribution in [1.29, 1.82) is 0 Å². The molecule has 1 heterocycles. The van der Waals surface area contributed by atoms with E-state index in [1.165, 1.54) is 0 Å². The second-order valence-corrected chi connectivity index (χ2v) is 13.6. The van der Waals surface area contributed by atoms with Crippen molar-refractivity contribution in [3.63, 3.8) is 0 Å². The summed E-state index contributed by atoms with van der Waals surface area (Å²) < 4.78 is 31.4. The average Bonchev–Trinajstić information content (AvgIpc) is 2.95. The van der Waals surface area contributed by atoms with E-state index in [-0.39, 0.29) is 10.8 Å². The van der Waals surface area contributed by atoms with Crippen LogP contribution in [-0.2, 0) is 10.8 Å². The first kappa shape index (κ1) is 28.8. The van der Waals surface area contributed by atoms with Crippen LogP contribution < -0.4 is 28.6 Å². The van der Waals surface area contributed by atoms with Gasteiger partial charge in [-0.1, -0.05) is 77.9 Å². The molecule has 0 aromatic heterocycles. The van der Waals surface area contributed by atoms with Crippen LogP contribution >= 0.6 is 8.38 Å². The van der Waals surface area contributed by atoms with Gasteiger partial charge in [0, 0.05) is 27.8 Å². The fourth-order valence-corrected chi connectivity index (χ4v) is 6.73. The van der Waals surface area contributed by atoms with E-state index < -0.39 is 8.38 Å². The Kier molecular flexibility index (Phi) is 7.70. The molecule has 0 amide bonds. The summed E-state index contributed by atoms with van der Waals surface area (Å²) in [4.78, 5) is 0. The maximum atomic E-state index is 7.07. The van der Waals surface area contributed by atoms with Crippen LogP contribution in [0.15, 0.2) is 72.8 Å². The number of ether oxygens (including phenoxy) is 3. The van der Waals surface area contributed by atoms with E-state index in [0.717, 1.165) is 67.4 Å². The average molecular weight is 571 g/mol. The van der Waals surface area contributed by atoms with Gasteiger partial charge < -0.3 is 23.3 Å². The van der Waals surface area contributed by atoms with Crippen LogP contribution in [-0.4, -0.2) is 21.3 Å². The number of hydrogen-bond donors (Lipinski definition) is 0. The van der Waals surface area contributed by atoms with Gasteiger partial charge in [-0.25, -0.2) is 0 Å². The molecule has 6 heteroatoms. The van der Waals surface area contributed by atoms with Crippen LogP contribution in [0.4, 0.5) is 0 Å². The summed E-state index contributed by atoms with van der Waals surface area (Å²) in [5, 5.41) is 1.04. The van der Waals surface area contributed by atoms with Crippen molar-refractivity contribution in [2.24, 2.45) is 0 Å². The van der Waals surface area contributed by atoms with Crippen molar-refractivity contribution in [2.75, 3.05) is 21.3 Å². The van der Waals surface area contributed by atoms with E-state index in [9.17, 15) is 0 Å². The Hall–Kier alpha value is -3.69. The second kappa shape index (κ2) is 10.9. The van der Waals surface area contributed by atoms with Gasteiger partial charge >= 0.3 is 8.38 Å². The summed E-state index contributed by atoms with van der Waals surface area (Å²) in [5.41, 5.74) is 5.52. The molecule has 1 aliphatic rings. The summed E-state index contributed by atoms with van der Waals surface area (Å²) in [6.45, 7) is 13.1. The lowest BCUT2D eigenvalue weighted by molar-refractivity contribution is 0.389. The van der Waals surface area contributed by atoms with E-state index in [2.05, 4.69) is 77.9 Å². The van der Waals surface area contributed by atoms with Crippen LogP contribution in [0, 0.1) is 0 Å². The Morgan fingerprint density at radius 1 is 0.561 bits per heavy atom. The van der Waals surface area contributed by atoms with E-state index in [4.69, 9.17) is 23.3 Å². The molecule has 1 unspecified atom stereocenters. The molecule has 1 atom stereocenters. The largest absolute Gasteiger partial charge is 0.497 e. The number of hydrogen-bond acceptors (Lipinski definition) is 5. The second-order valence-electron chi connectivity index (χ2n) is 12.3. The maximum absolute atomic E-state index is 7.07. The van der Waals surface area contributed by atoms with Crippen molar-refractivity contribution < 1.29 is 23.3 Å². The highest BCUT2D eigenvalue weighted by molar-refractivity contribution is 7.57. The minimum Gasteiger partial charge on any atom is -0.497 e. The van der Waals surface area contributed by atoms with Gasteiger partial charge in [0.25, 0.3) is 0 Å². The monoisotopic (exact) mass is 570 g/mol. The molecule has 41 heavy (non-hydrogen) atoms. The van der Waals surface area contributed by atoms with Gasteiger partial charge in [-0.2, -0.15) is 0 Å². The zero-order chi connectivity index (χ0) is 29.5. The number of fused-ring (bicyclic) bond motifs is 3. The molecule has 0 radical (unpaired) electrons. The lowest BCUT2D eigenvalue weighted by Gasteiger charge is -2.32. The zero-order valence-corrected chi connectivity index (χ0v) is 26.3. The predicted molar refractivity (Wildman–Crippen MR) is 169 cm³/mol. The van der Waals surface area contributed by atoms with Gasteiger partial charge in [0.1, 0.15) is 28.7 Å². The molecule has 1 aliphatic heterocycles. The zero-order valence-electron chi connectivity index (χ0n) is 25.4. The topological polar surface area (TPSA) is 46.2 Å². The Bertz CT molecular complexity index is 1580. The molecular weight excluding hydrogens is 531 g/mol. The van der Waals surface area contributed by atoms with Crippen LogP contribution in [0.25, 0.3) is 22.3 Å². The quantitative estimate of drug-likeness (QED) is 0.217. The minimum atomic E-state index is -1.50. The molecule has 0 bridgehead atoms. The van der Waals surface area contributed by atoms with Crippen molar-refractivity contribution in [3.8, 4) is 51.0 Å². The van der Waals surface area contributed by atoms with Crippen molar-refractivity contribution in [1.82, 2.24) is 0 Å². The van der Waals surface area contributed by atoms with Crippen LogP contribution in [0.3, 0.4) is 0 Å². The molecule has 4 aromatic rings. The molecule has 0 fully saturated rings. The number of para-hydroxylation sites is 1. The fourth-order valence-electron chi connectivity index (χ4n) is 5.19. The Balaban J connectivity index is 1.79. The number of methoxy groups -OCH3 is 3. The SMILES string of the molecule is COc1cc(-c2cc(OC)cc(C(C)(C)C)c2OP2Oc3ccccc3-c3ccccc32)c(OC)c(C(C)(C)C)c1. The third-order valence-corrected chi connectivity index (χ3v) is 8.83. The van der Waals surface area contributed by atoms with E-state index in [0.29, 0.717) is 0 Å². The molecule has 0 aliphatic carbocycles. The standard InChI is InChI=1S/C35H39O5P/c1-34(2,3)28-20-22(36-7)18-26(32(28)38-9)27-19-23(37-8)21-29(35(4,5)6)33(27)40-41-31-17-13-11-15-25(31)24-14-10-12-16-30(24)39-41/h10-21H,1-9H3. The summed E-state index contributed by atoms with van der Waals surface area (Å²) in [6.07, 6.45) is 0. The Morgan fingerprint density at radius 2 is 1.07 bits per heavy atom. The molecule has 0 saturated carbocycles. The Labute approximate surface area is 245 Å². The third kappa shape index (κ3) is 5.48. The maximum Gasteiger partial charge on any atom is 0.326 e. The fraction of sp³-hybridized carbons (Fsp3) is 0.314. The van der Waals surface area contributed by atoms with Gasteiger partial charge in [0.05, 0.1) is 26.6 Å². The third-order valence-electron chi connectivity index (χ3n) is 7.34. The van der Waals surface area contributed by atoms with Gasteiger partial charge in [0.2, 0.25) is 0 Å². The highest BCUT2D eigenvalue weighted by atomic mass is 31.2. The van der Waals surface area contributed by atoms with Gasteiger partial charge in [-0.15, -0.1) is 0 Å². The van der Waals surface area contributed by atoms with E-state index in [1.54, 1.807) is 21.3 Å². The number of rotatable bonds is 6. The van der Waals surface area contributed by atoms with Crippen molar-refractivity contribution in [2.45, 2.75) is 52.4 Å². The van der Waals surface area contributed by atoms with Crippen molar-refractivity contribution >= 4 is 13.7 Å². The smallest absolute Gasteiger partial charge is 0.326 e. The molecule has 4 aromatic carbocycles. The molecular formula is C35H39O5P. The minimum absolute atomic E-state index is 0.194. The summed E-state index contributed by atoms with van der Waals surface area (Å²) in [7, 11) is 3.59. The highest BCUT2D eigenvalue weighted by Crippen LogP contribution is 2.55. The van der Waals surface area contributed by atoms with Gasteiger partial charge in [-0.3, -0.25) is 0 Å². The first-order valence-electron chi connectivity index (χ1n) is 13.8. The summed E-state index contributed by atoms with van der Waals surface area (Å²) in [6, 6.07) is 24.6. The first-order valence-corrected chi connectivity index (χ1v) is 15.0. The normalized spacial score (nSPS) is 14.4. The predicted octanol–water partition coefficient (Wildman–Crippen LogP) is 9.05. The van der Waals surface area contributed by atoms with Crippen LogP contribution in [0.1, 0.15) is 52.7 Å². The summed E-state index contributed by atoms with van der Waals surface area (Å²) in [5.74, 6) is 3.82. The summed E-state index contributed by atoms with van der Waals surface area (Å²) >= 11 is 0. The molecule has 0 spiro atoms. The molecule has 0 saturated heterocycles. The molecule has 0 N–H and O–H groups in total. The molecule has 214 valence electrons. The molecule has 5 rings (SSSR count). The van der Waals surface area contributed by atoms with E-state index >= 15 is 0 Å². The lowest BCUT2D eigenvalue weighted by Crippen LogP contribution is -2.20. The Morgan fingerprint density at radius 3 is 1.63 bits per heavy atom. The van der Waals surface area contributed by atoms with E-state index in [1.807, 2.05) is 36.4 Å². The molecule has 5 nitrogen and oxygen atoms in total. The van der Waals surface area contributed by atoms with Crippen molar-refractivity contribution in [3.05, 3.63) is 83.9 Å². The van der Waals surface area contributed by atoms with Gasteiger partial charge in [-0.05, 0) is 52.8 Å². The first-order chi connectivity index (χ1) is 19.5. The highest BCUT2D eigenvalue weighted by Gasteiger charge is 2.34.